The van der Waals surface area contributed by atoms with Gasteiger partial charge < -0.3 is 9.84 Å². The highest BCUT2D eigenvalue weighted by atomic mass is 16.5. The van der Waals surface area contributed by atoms with Gasteiger partial charge in [0.25, 0.3) is 0 Å². The Hall–Kier alpha value is -2.22. The minimum Gasteiger partial charge on any atom is -0.508 e. The van der Waals surface area contributed by atoms with Crippen molar-refractivity contribution in [1.82, 2.24) is 0 Å². The summed E-state index contributed by atoms with van der Waals surface area (Å²) in [4.78, 5) is 0. The van der Waals surface area contributed by atoms with Crippen molar-refractivity contribution in [2.45, 2.75) is 111 Å². The Morgan fingerprint density at radius 3 is 1.97 bits per heavy atom. The summed E-state index contributed by atoms with van der Waals surface area (Å²) in [7, 11) is 0. The Labute approximate surface area is 203 Å². The van der Waals surface area contributed by atoms with Crippen LogP contribution in [0.15, 0.2) is 64.8 Å². The van der Waals surface area contributed by atoms with Crippen molar-refractivity contribution in [2.24, 2.45) is 0 Å². The van der Waals surface area contributed by atoms with Crippen LogP contribution in [0.1, 0.15) is 105 Å². The van der Waals surface area contributed by atoms with Crippen LogP contribution in [0.2, 0.25) is 0 Å². The number of phenols is 1. The number of rotatable bonds is 12. The molecule has 0 saturated carbocycles. The Bertz CT molecular complexity index is 880. The minimum absolute atomic E-state index is 0.117. The third kappa shape index (κ3) is 10.5. The van der Waals surface area contributed by atoms with Crippen LogP contribution in [0.4, 0.5) is 0 Å². The Morgan fingerprint density at radius 1 is 0.848 bits per heavy atom. The summed E-state index contributed by atoms with van der Waals surface area (Å²) in [6.07, 6.45) is 20.5. The highest BCUT2D eigenvalue weighted by Crippen LogP contribution is 2.37. The number of ether oxygens (including phenoxy) is 1. The molecule has 0 fully saturated rings. The summed E-state index contributed by atoms with van der Waals surface area (Å²) in [5.74, 6) is 1.26. The lowest BCUT2D eigenvalue weighted by Crippen LogP contribution is -2.36. The van der Waals surface area contributed by atoms with Gasteiger partial charge in [0.1, 0.15) is 17.1 Å². The molecule has 182 valence electrons. The van der Waals surface area contributed by atoms with E-state index in [0.29, 0.717) is 5.75 Å². The van der Waals surface area contributed by atoms with E-state index in [0.717, 1.165) is 69.1 Å². The normalized spacial score (nSPS) is 19.2. The molecule has 0 bridgehead atoms. The SMILES string of the molecule is CC(C)=CCC/C(C)=C/CC/C(C)=C/CC/C(C)=C/CC[C@@]1(C)CCc2cc(O)ccc2O1. The van der Waals surface area contributed by atoms with Crippen molar-refractivity contribution in [1.29, 1.82) is 0 Å². The van der Waals surface area contributed by atoms with E-state index >= 15 is 0 Å². The van der Waals surface area contributed by atoms with Gasteiger partial charge in [-0.15, -0.1) is 0 Å². The fourth-order valence-electron chi connectivity index (χ4n) is 4.36. The van der Waals surface area contributed by atoms with Crippen LogP contribution >= 0.6 is 0 Å². The first-order valence-electron chi connectivity index (χ1n) is 12.8. The highest BCUT2D eigenvalue weighted by Gasteiger charge is 2.30. The van der Waals surface area contributed by atoms with Crippen LogP contribution in [0.5, 0.6) is 11.5 Å². The summed E-state index contributed by atoms with van der Waals surface area (Å²) >= 11 is 0. The number of hydrogen-bond donors (Lipinski definition) is 1. The van der Waals surface area contributed by atoms with E-state index < -0.39 is 0 Å². The fraction of sp³-hybridized carbons (Fsp3) is 0.548. The number of benzene rings is 1. The molecule has 1 heterocycles. The number of aryl methyl sites for hydroxylation is 1. The fourth-order valence-corrected chi connectivity index (χ4v) is 4.36. The van der Waals surface area contributed by atoms with Crippen molar-refractivity contribution in [2.75, 3.05) is 0 Å². The molecular weight excluding hydrogens is 404 g/mol. The monoisotopic (exact) mass is 450 g/mol. The molecule has 0 aliphatic carbocycles. The number of allylic oxidation sites excluding steroid dienone is 8. The quantitative estimate of drug-likeness (QED) is 0.321. The van der Waals surface area contributed by atoms with Gasteiger partial charge in [-0.1, -0.05) is 46.6 Å². The summed E-state index contributed by atoms with van der Waals surface area (Å²) in [5.41, 5.74) is 6.90. The molecule has 1 aromatic rings. The van der Waals surface area contributed by atoms with E-state index in [2.05, 4.69) is 65.8 Å². The molecule has 1 aromatic carbocycles. The van der Waals surface area contributed by atoms with Crippen LogP contribution in [0, 0.1) is 0 Å². The molecule has 0 amide bonds. The van der Waals surface area contributed by atoms with Gasteiger partial charge in [-0.05, 0) is 130 Å². The lowest BCUT2D eigenvalue weighted by molar-refractivity contribution is 0.0570. The first-order chi connectivity index (χ1) is 15.7. The van der Waals surface area contributed by atoms with Gasteiger partial charge in [-0.2, -0.15) is 0 Å². The van der Waals surface area contributed by atoms with Crippen molar-refractivity contribution in [3.8, 4) is 11.5 Å². The van der Waals surface area contributed by atoms with Gasteiger partial charge >= 0.3 is 0 Å². The van der Waals surface area contributed by atoms with Gasteiger partial charge in [0.05, 0.1) is 0 Å². The summed E-state index contributed by atoms with van der Waals surface area (Å²) in [6.45, 7) is 13.3. The summed E-state index contributed by atoms with van der Waals surface area (Å²) in [6, 6.07) is 5.45. The third-order valence-electron chi connectivity index (χ3n) is 6.64. The topological polar surface area (TPSA) is 29.5 Å². The van der Waals surface area contributed by atoms with Crippen LogP contribution in [-0.4, -0.2) is 10.7 Å². The lowest BCUT2D eigenvalue weighted by atomic mass is 9.88. The molecule has 1 aliphatic rings. The van der Waals surface area contributed by atoms with E-state index in [1.807, 2.05) is 12.1 Å². The van der Waals surface area contributed by atoms with Crippen molar-refractivity contribution < 1.29 is 9.84 Å². The number of hydrogen-bond acceptors (Lipinski definition) is 2. The number of fused-ring (bicyclic) bond motifs is 1. The standard InChI is InChI=1S/C31H46O2/c1-24(2)11-7-12-25(3)13-8-14-26(4)15-9-16-27(5)17-10-21-31(6)22-20-28-23-29(32)18-19-30(28)33-31/h11,13,15,17-19,23,32H,7-10,12,14,16,20-22H2,1-6H3/b25-13+,26-15+,27-17+/t31-/m0/s1. The van der Waals surface area contributed by atoms with Crippen molar-refractivity contribution >= 4 is 0 Å². The van der Waals surface area contributed by atoms with Crippen LogP contribution in [0.3, 0.4) is 0 Å². The minimum atomic E-state index is -0.117. The van der Waals surface area contributed by atoms with E-state index in [9.17, 15) is 5.11 Å². The molecule has 0 aromatic heterocycles. The average Bonchev–Trinajstić information content (AvgIpc) is 2.73. The van der Waals surface area contributed by atoms with Crippen LogP contribution < -0.4 is 4.74 Å². The van der Waals surface area contributed by atoms with Crippen LogP contribution in [0.25, 0.3) is 0 Å². The highest BCUT2D eigenvalue weighted by molar-refractivity contribution is 5.41. The van der Waals surface area contributed by atoms with E-state index in [1.165, 1.54) is 28.7 Å². The second kappa shape index (κ2) is 13.5. The molecule has 0 radical (unpaired) electrons. The van der Waals surface area contributed by atoms with Crippen molar-refractivity contribution in [3.63, 3.8) is 0 Å². The summed E-state index contributed by atoms with van der Waals surface area (Å²) in [5, 5.41) is 9.66. The predicted octanol–water partition coefficient (Wildman–Crippen LogP) is 9.40. The predicted molar refractivity (Wildman–Crippen MR) is 143 cm³/mol. The smallest absolute Gasteiger partial charge is 0.123 e. The van der Waals surface area contributed by atoms with Gasteiger partial charge in [0.2, 0.25) is 0 Å². The molecular formula is C31H46O2. The molecule has 2 heteroatoms. The van der Waals surface area contributed by atoms with Crippen molar-refractivity contribution in [3.05, 3.63) is 70.4 Å². The Balaban J connectivity index is 1.68. The Kier molecular flexibility index (Phi) is 11.0. The average molecular weight is 451 g/mol. The molecule has 1 aliphatic heterocycles. The number of phenolic OH excluding ortho intramolecular Hbond substituents is 1. The maximum atomic E-state index is 9.66. The second-order valence-electron chi connectivity index (χ2n) is 10.4. The molecule has 1 N–H and O–H groups in total. The third-order valence-corrected chi connectivity index (χ3v) is 6.64. The Morgan fingerprint density at radius 2 is 1.39 bits per heavy atom. The second-order valence-corrected chi connectivity index (χ2v) is 10.4. The van der Waals surface area contributed by atoms with E-state index in [-0.39, 0.29) is 5.60 Å². The molecule has 1 atom stereocenters. The first-order valence-corrected chi connectivity index (χ1v) is 12.8. The zero-order valence-electron chi connectivity index (χ0n) is 22.0. The molecule has 33 heavy (non-hydrogen) atoms. The molecule has 0 spiro atoms. The van der Waals surface area contributed by atoms with Gasteiger partial charge in [0.15, 0.2) is 0 Å². The number of aromatic hydroxyl groups is 1. The van der Waals surface area contributed by atoms with Gasteiger partial charge in [-0.25, -0.2) is 0 Å². The molecule has 0 saturated heterocycles. The zero-order valence-corrected chi connectivity index (χ0v) is 22.0. The lowest BCUT2D eigenvalue weighted by Gasteiger charge is -2.35. The van der Waals surface area contributed by atoms with Gasteiger partial charge in [-0.3, -0.25) is 0 Å². The molecule has 2 nitrogen and oxygen atoms in total. The summed E-state index contributed by atoms with van der Waals surface area (Å²) < 4.78 is 6.30. The van der Waals surface area contributed by atoms with Crippen LogP contribution in [-0.2, 0) is 6.42 Å². The van der Waals surface area contributed by atoms with E-state index in [4.69, 9.17) is 4.74 Å². The van der Waals surface area contributed by atoms with E-state index in [1.54, 1.807) is 6.07 Å². The zero-order chi connectivity index (χ0) is 24.3. The maximum absolute atomic E-state index is 9.66. The maximum Gasteiger partial charge on any atom is 0.123 e. The first kappa shape index (κ1) is 27.0. The molecule has 2 rings (SSSR count). The van der Waals surface area contributed by atoms with Gasteiger partial charge in [0, 0.05) is 0 Å². The largest absolute Gasteiger partial charge is 0.508 e. The molecule has 0 unspecified atom stereocenters.